The number of halogens is 1. The molecule has 0 radical (unpaired) electrons. The molecule has 4 heterocycles. The number of hydrogen-bond donors (Lipinski definition) is 1. The topological polar surface area (TPSA) is 120 Å². The van der Waals surface area contributed by atoms with Gasteiger partial charge in [-0.2, -0.15) is 0 Å². The van der Waals surface area contributed by atoms with Crippen LogP contribution >= 0.6 is 0 Å². The van der Waals surface area contributed by atoms with Crippen LogP contribution in [0, 0.1) is 39.1 Å². The summed E-state index contributed by atoms with van der Waals surface area (Å²) < 4.78 is 21.0. The number of carbonyl (C=O) groups is 4. The van der Waals surface area contributed by atoms with Crippen LogP contribution in [-0.2, 0) is 15.1 Å². The lowest BCUT2D eigenvalue weighted by molar-refractivity contribution is -0.136. The minimum atomic E-state index is -1.11. The molecule has 4 aliphatic rings. The van der Waals surface area contributed by atoms with E-state index < -0.39 is 41.0 Å². The summed E-state index contributed by atoms with van der Waals surface area (Å²) in [6, 6.07) is 16.1. The average Bonchev–Trinajstić information content (AvgIpc) is 3.79. The molecule has 4 aromatic rings. The van der Waals surface area contributed by atoms with Crippen LogP contribution in [0.3, 0.4) is 0 Å². The Labute approximate surface area is 300 Å². The van der Waals surface area contributed by atoms with Gasteiger partial charge in [0.15, 0.2) is 0 Å². The number of benzene rings is 3. The van der Waals surface area contributed by atoms with Crippen LogP contribution in [0.25, 0.3) is 16.0 Å². The number of imide groups is 2. The molecule has 264 valence electrons. The molecule has 3 fully saturated rings. The number of fused-ring (bicyclic) bond motifs is 1. The fraction of sp³-hybridized carbons (Fsp3) is 0.350. The van der Waals surface area contributed by atoms with E-state index in [0.29, 0.717) is 19.6 Å². The van der Waals surface area contributed by atoms with Crippen molar-refractivity contribution >= 4 is 40.7 Å². The van der Waals surface area contributed by atoms with Crippen LogP contribution in [0.15, 0.2) is 59.1 Å². The zero-order valence-corrected chi connectivity index (χ0v) is 29.2. The zero-order chi connectivity index (χ0) is 36.5. The average molecular weight is 701 g/mol. The monoisotopic (exact) mass is 700 g/mol. The molecule has 0 spiro atoms. The lowest BCUT2D eigenvalue weighted by Crippen LogP contribution is -2.54. The Balaban J connectivity index is 1.01. The Bertz CT molecular complexity index is 2190. The van der Waals surface area contributed by atoms with Gasteiger partial charge in [0, 0.05) is 61.4 Å². The van der Waals surface area contributed by atoms with E-state index in [2.05, 4.69) is 69.6 Å². The van der Waals surface area contributed by atoms with Crippen LogP contribution < -0.4 is 15.1 Å². The smallest absolute Gasteiger partial charge is 0.262 e. The van der Waals surface area contributed by atoms with E-state index in [0.717, 1.165) is 75.3 Å². The van der Waals surface area contributed by atoms with Crippen molar-refractivity contribution in [3.63, 3.8) is 0 Å². The van der Waals surface area contributed by atoms with Crippen molar-refractivity contribution in [3.05, 3.63) is 106 Å². The first-order valence-corrected chi connectivity index (χ1v) is 17.6. The predicted molar refractivity (Wildman–Crippen MR) is 191 cm³/mol. The second-order valence-electron chi connectivity index (χ2n) is 14.4. The first-order chi connectivity index (χ1) is 25.0. The number of piperidine rings is 1. The minimum Gasteiger partial charge on any atom is -0.368 e. The van der Waals surface area contributed by atoms with Gasteiger partial charge in [0.05, 0.1) is 22.5 Å². The molecule has 3 aliphatic heterocycles. The van der Waals surface area contributed by atoms with Crippen molar-refractivity contribution < 1.29 is 28.1 Å². The van der Waals surface area contributed by atoms with E-state index in [9.17, 15) is 19.2 Å². The number of amides is 4. The largest absolute Gasteiger partial charge is 0.368 e. The third-order valence-corrected chi connectivity index (χ3v) is 11.0. The van der Waals surface area contributed by atoms with Gasteiger partial charge in [0.1, 0.15) is 17.6 Å². The van der Waals surface area contributed by atoms with Gasteiger partial charge in [0.25, 0.3) is 17.4 Å². The molecule has 1 aromatic heterocycles. The maximum absolute atomic E-state index is 15.5. The summed E-state index contributed by atoms with van der Waals surface area (Å²) in [5.74, 6) is -2.18. The van der Waals surface area contributed by atoms with Crippen LogP contribution in [0.5, 0.6) is 0 Å². The highest BCUT2D eigenvalue weighted by Crippen LogP contribution is 2.50. The zero-order valence-electron chi connectivity index (χ0n) is 29.2. The molecule has 11 nitrogen and oxygen atoms in total. The summed E-state index contributed by atoms with van der Waals surface area (Å²) in [5.41, 5.74) is 6.81. The SMILES string of the molecule is [C-]#[N+]C1(c2ccc(N(CCC3CN(c4cc5c(cc4F)C(=O)N(C4CCC(=O)NC4=O)C5=O)C3)c3cc(-c4c(C)noc4C)ccc3C)cc2)CC1. The van der Waals surface area contributed by atoms with Crippen LogP contribution in [-0.4, -0.2) is 59.4 Å². The number of carbonyl (C=O) groups excluding carboxylic acids is 4. The molecule has 4 amide bonds. The van der Waals surface area contributed by atoms with E-state index in [4.69, 9.17) is 11.1 Å². The van der Waals surface area contributed by atoms with Crippen molar-refractivity contribution in [1.29, 1.82) is 0 Å². The quantitative estimate of drug-likeness (QED) is 0.158. The van der Waals surface area contributed by atoms with Crippen molar-refractivity contribution in [1.82, 2.24) is 15.4 Å². The molecule has 52 heavy (non-hydrogen) atoms. The van der Waals surface area contributed by atoms with Crippen LogP contribution in [0.1, 0.15) is 75.4 Å². The standard InChI is InChI=1S/C40H37FN6O5/c1-22-5-6-26(36-23(2)44-52-24(36)3)17-33(22)46(28-9-7-27(8-10-28)40(42-4)14-15-40)16-13-25-20-45(21-25)34-19-30-29(18-31(34)41)38(50)47(39(30)51)32-11-12-35(48)43-37(32)49/h5-10,17-19,25,32H,11-16,20-21H2,1-3H3,(H,43,48,49). The second kappa shape index (κ2) is 12.4. The first-order valence-electron chi connectivity index (χ1n) is 17.6. The third-order valence-electron chi connectivity index (χ3n) is 11.0. The summed E-state index contributed by atoms with van der Waals surface area (Å²) in [5, 5.41) is 6.34. The van der Waals surface area contributed by atoms with Crippen molar-refractivity contribution in [2.24, 2.45) is 5.92 Å². The van der Waals surface area contributed by atoms with Gasteiger partial charge in [0.2, 0.25) is 11.8 Å². The molecule has 1 unspecified atom stereocenters. The number of aryl methyl sites for hydroxylation is 3. The maximum atomic E-state index is 15.5. The Hall–Kier alpha value is -5.83. The summed E-state index contributed by atoms with van der Waals surface area (Å²) in [6.07, 6.45) is 2.60. The highest BCUT2D eigenvalue weighted by atomic mass is 19.1. The van der Waals surface area contributed by atoms with Crippen LogP contribution in [0.2, 0.25) is 0 Å². The lowest BCUT2D eigenvalue weighted by atomic mass is 9.93. The lowest BCUT2D eigenvalue weighted by Gasteiger charge is -2.42. The van der Waals surface area contributed by atoms with Gasteiger partial charge in [-0.1, -0.05) is 17.3 Å². The molecule has 1 saturated carbocycles. The van der Waals surface area contributed by atoms with Gasteiger partial charge >= 0.3 is 0 Å². The van der Waals surface area contributed by atoms with Gasteiger partial charge in [-0.25, -0.2) is 11.0 Å². The Morgan fingerprint density at radius 3 is 2.35 bits per heavy atom. The number of anilines is 3. The van der Waals surface area contributed by atoms with Crippen LogP contribution in [0.4, 0.5) is 21.5 Å². The molecular formula is C40H37FN6O5. The van der Waals surface area contributed by atoms with E-state index in [1.165, 1.54) is 6.07 Å². The van der Waals surface area contributed by atoms with Gasteiger partial charge < -0.3 is 19.2 Å². The van der Waals surface area contributed by atoms with Gasteiger partial charge in [-0.3, -0.25) is 29.4 Å². The Kier molecular flexibility index (Phi) is 7.97. The highest BCUT2D eigenvalue weighted by molar-refractivity contribution is 6.23. The highest BCUT2D eigenvalue weighted by Gasteiger charge is 2.52. The molecule has 3 aromatic carbocycles. The second-order valence-corrected chi connectivity index (χ2v) is 14.4. The summed E-state index contributed by atoms with van der Waals surface area (Å²) in [4.78, 5) is 59.5. The number of rotatable bonds is 9. The third kappa shape index (κ3) is 5.52. The molecule has 12 heteroatoms. The van der Waals surface area contributed by atoms with Crippen molar-refractivity contribution in [3.8, 4) is 11.1 Å². The number of aromatic nitrogens is 1. The predicted octanol–water partition coefficient (Wildman–Crippen LogP) is 6.38. The van der Waals surface area contributed by atoms with Crippen molar-refractivity contribution in [2.45, 2.75) is 64.5 Å². The fourth-order valence-electron chi connectivity index (χ4n) is 7.86. The minimum absolute atomic E-state index is 0.0104. The molecule has 8 rings (SSSR count). The van der Waals surface area contributed by atoms with Gasteiger partial charge in [-0.05, 0) is 93.1 Å². The number of nitrogens with one attached hydrogen (secondary N) is 1. The molecule has 1 aliphatic carbocycles. The van der Waals surface area contributed by atoms with Gasteiger partial charge in [-0.15, -0.1) is 0 Å². The molecule has 2 saturated heterocycles. The number of hydrogen-bond acceptors (Lipinski definition) is 8. The Morgan fingerprint density at radius 1 is 1.00 bits per heavy atom. The summed E-state index contributed by atoms with van der Waals surface area (Å²) in [6.45, 7) is 15.4. The van der Waals surface area contributed by atoms with E-state index in [-0.39, 0.29) is 35.6 Å². The summed E-state index contributed by atoms with van der Waals surface area (Å²) in [7, 11) is 0. The maximum Gasteiger partial charge on any atom is 0.262 e. The van der Waals surface area contributed by atoms with Crippen molar-refractivity contribution in [2.75, 3.05) is 29.4 Å². The van der Waals surface area contributed by atoms with E-state index in [1.54, 1.807) is 0 Å². The molecular weight excluding hydrogens is 663 g/mol. The molecule has 1 N–H and O–H groups in total. The normalized spacial score (nSPS) is 19.3. The molecule has 0 bridgehead atoms. The number of nitrogens with zero attached hydrogens (tertiary/aromatic N) is 5. The van der Waals surface area contributed by atoms with E-state index >= 15 is 4.39 Å². The van der Waals surface area contributed by atoms with E-state index in [1.807, 2.05) is 18.7 Å². The molecule has 1 atom stereocenters. The Morgan fingerprint density at radius 2 is 1.71 bits per heavy atom. The fourth-order valence-corrected chi connectivity index (χ4v) is 7.86. The first kappa shape index (κ1) is 33.3. The summed E-state index contributed by atoms with van der Waals surface area (Å²) >= 11 is 0.